The van der Waals surface area contributed by atoms with Gasteiger partial charge in [0.2, 0.25) is 10.8 Å². The summed E-state index contributed by atoms with van der Waals surface area (Å²) in [5, 5.41) is 15.3. The van der Waals surface area contributed by atoms with Gasteiger partial charge in [0.1, 0.15) is 10.7 Å². The van der Waals surface area contributed by atoms with E-state index >= 15 is 0 Å². The van der Waals surface area contributed by atoms with Crippen LogP contribution in [0, 0.1) is 13.8 Å². The van der Waals surface area contributed by atoms with E-state index in [1.54, 1.807) is 4.52 Å². The Labute approximate surface area is 167 Å². The lowest BCUT2D eigenvalue weighted by molar-refractivity contribution is -0.933. The van der Waals surface area contributed by atoms with Crippen molar-refractivity contribution in [3.05, 3.63) is 46.1 Å². The summed E-state index contributed by atoms with van der Waals surface area (Å²) < 4.78 is 13.4. The van der Waals surface area contributed by atoms with Crippen LogP contribution in [0.15, 0.2) is 24.3 Å². The van der Waals surface area contributed by atoms with Gasteiger partial charge >= 0.3 is 0 Å². The van der Waals surface area contributed by atoms with Crippen molar-refractivity contribution in [2.75, 3.05) is 26.3 Å². The number of aromatic hydroxyl groups is 1. The molecule has 2 aliphatic rings. The van der Waals surface area contributed by atoms with Gasteiger partial charge in [0.05, 0.1) is 39.1 Å². The number of hydrogen-bond acceptors (Lipinski definition) is 6. The Bertz CT molecular complexity index is 998. The normalized spacial score (nSPS) is 20.9. The van der Waals surface area contributed by atoms with E-state index < -0.39 is 5.79 Å². The standard InChI is InChI=1S/C20H24N4O3S/c1-13-4-3-5-15(12-13)16(17-18(25)24-19(28-17)21-14(2)22-24)23-8-6-20(7-9-23)26-10-11-27-20/h3-5,12,16,25H,6-11H2,1-2H3/p+1/t16-/m1/s1. The number of benzene rings is 1. The van der Waals surface area contributed by atoms with Crippen molar-refractivity contribution in [1.82, 2.24) is 14.6 Å². The Hall–Kier alpha value is -2.00. The third-order valence-corrected chi connectivity index (χ3v) is 6.90. The van der Waals surface area contributed by atoms with E-state index in [2.05, 4.69) is 41.3 Å². The highest BCUT2D eigenvalue weighted by Gasteiger charge is 2.45. The van der Waals surface area contributed by atoms with Crippen LogP contribution in [0.4, 0.5) is 0 Å². The Balaban J connectivity index is 1.53. The molecule has 0 radical (unpaired) electrons. The first kappa shape index (κ1) is 18.1. The van der Waals surface area contributed by atoms with Crippen molar-refractivity contribution in [2.45, 2.75) is 38.5 Å². The molecule has 2 aliphatic heterocycles. The summed E-state index contributed by atoms with van der Waals surface area (Å²) in [6.07, 6.45) is 1.73. The SMILES string of the molecule is Cc1cccc([C@H](c2sc3nc(C)nn3c2O)[NH+]2CCC3(CC2)OCCO3)c1. The summed E-state index contributed by atoms with van der Waals surface area (Å²) in [6, 6.07) is 8.59. The minimum Gasteiger partial charge on any atom is -0.492 e. The van der Waals surface area contributed by atoms with E-state index in [9.17, 15) is 5.11 Å². The molecule has 0 bridgehead atoms. The second-order valence-electron chi connectivity index (χ2n) is 7.76. The van der Waals surface area contributed by atoms with Crippen LogP contribution in [0.5, 0.6) is 5.88 Å². The van der Waals surface area contributed by atoms with Gasteiger partial charge in [-0.25, -0.2) is 4.98 Å². The van der Waals surface area contributed by atoms with Gasteiger partial charge in [0, 0.05) is 5.56 Å². The first-order valence-corrected chi connectivity index (χ1v) is 10.6. The molecule has 148 valence electrons. The molecule has 1 aromatic carbocycles. The topological polar surface area (TPSA) is 73.3 Å². The molecule has 2 saturated heterocycles. The fourth-order valence-electron chi connectivity index (χ4n) is 4.48. The highest BCUT2D eigenvalue weighted by Crippen LogP contribution is 2.36. The summed E-state index contributed by atoms with van der Waals surface area (Å²) in [5.74, 6) is 0.474. The van der Waals surface area contributed by atoms with Crippen LogP contribution in [0.1, 0.15) is 40.7 Å². The number of rotatable bonds is 3. The minimum atomic E-state index is -0.397. The molecule has 8 heteroatoms. The minimum absolute atomic E-state index is 0.0347. The van der Waals surface area contributed by atoms with Gasteiger partial charge in [-0.3, -0.25) is 0 Å². The second kappa shape index (κ2) is 6.81. The van der Waals surface area contributed by atoms with Crippen molar-refractivity contribution in [2.24, 2.45) is 0 Å². The van der Waals surface area contributed by atoms with Gasteiger partial charge < -0.3 is 19.5 Å². The lowest BCUT2D eigenvalue weighted by Crippen LogP contribution is -3.14. The van der Waals surface area contributed by atoms with Gasteiger partial charge in [-0.05, 0) is 19.9 Å². The van der Waals surface area contributed by atoms with Crippen LogP contribution < -0.4 is 4.90 Å². The van der Waals surface area contributed by atoms with Crippen LogP contribution in [0.25, 0.3) is 4.96 Å². The lowest BCUT2D eigenvalue weighted by Gasteiger charge is -2.38. The van der Waals surface area contributed by atoms with E-state index in [1.165, 1.54) is 27.4 Å². The number of fused-ring (bicyclic) bond motifs is 1. The number of piperidine rings is 1. The quantitative estimate of drug-likeness (QED) is 0.698. The van der Waals surface area contributed by atoms with E-state index in [1.807, 2.05) is 6.92 Å². The number of ether oxygens (including phenoxy) is 2. The maximum absolute atomic E-state index is 10.9. The van der Waals surface area contributed by atoms with E-state index in [0.717, 1.165) is 35.8 Å². The molecule has 0 saturated carbocycles. The zero-order chi connectivity index (χ0) is 19.3. The molecule has 5 rings (SSSR count). The molecule has 0 unspecified atom stereocenters. The summed E-state index contributed by atoms with van der Waals surface area (Å²) in [6.45, 7) is 7.16. The fraction of sp³-hybridized carbons (Fsp3) is 0.500. The van der Waals surface area contributed by atoms with E-state index in [0.29, 0.717) is 19.0 Å². The monoisotopic (exact) mass is 401 g/mol. The van der Waals surface area contributed by atoms with Crippen molar-refractivity contribution >= 4 is 16.3 Å². The third-order valence-electron chi connectivity index (χ3n) is 5.82. The number of quaternary nitrogens is 1. The van der Waals surface area contributed by atoms with Crippen molar-refractivity contribution in [1.29, 1.82) is 0 Å². The number of nitrogens with zero attached hydrogens (tertiary/aromatic N) is 3. The Morgan fingerprint density at radius 1 is 1.21 bits per heavy atom. The first-order chi connectivity index (χ1) is 13.5. The first-order valence-electron chi connectivity index (χ1n) is 9.79. The summed E-state index contributed by atoms with van der Waals surface area (Å²) in [5.41, 5.74) is 2.42. The highest BCUT2D eigenvalue weighted by molar-refractivity contribution is 7.17. The molecule has 2 N–H and O–H groups in total. The number of aromatic nitrogens is 3. The molecule has 0 amide bonds. The van der Waals surface area contributed by atoms with Gasteiger partial charge in [-0.15, -0.1) is 5.10 Å². The molecule has 3 aromatic rings. The zero-order valence-corrected chi connectivity index (χ0v) is 17.0. The molecule has 1 atom stereocenters. The number of nitrogens with one attached hydrogen (secondary N) is 1. The number of aryl methyl sites for hydroxylation is 2. The molecular weight excluding hydrogens is 376 g/mol. The summed E-state index contributed by atoms with van der Waals surface area (Å²) in [4.78, 5) is 7.51. The van der Waals surface area contributed by atoms with Crippen molar-refractivity contribution < 1.29 is 19.5 Å². The molecule has 2 aromatic heterocycles. The van der Waals surface area contributed by atoms with Gasteiger partial charge in [0.25, 0.3) is 0 Å². The smallest absolute Gasteiger partial charge is 0.235 e. The van der Waals surface area contributed by atoms with E-state index in [-0.39, 0.29) is 11.9 Å². The zero-order valence-electron chi connectivity index (χ0n) is 16.1. The molecular formula is C20H25N4O3S+. The van der Waals surface area contributed by atoms with Gasteiger partial charge in [-0.2, -0.15) is 4.52 Å². The number of likely N-dealkylation sites (tertiary alicyclic amines) is 1. The number of hydrogen-bond donors (Lipinski definition) is 2. The number of thiazole rings is 1. The Morgan fingerprint density at radius 2 is 1.96 bits per heavy atom. The molecule has 28 heavy (non-hydrogen) atoms. The van der Waals surface area contributed by atoms with Crippen LogP contribution >= 0.6 is 11.3 Å². The van der Waals surface area contributed by atoms with Crippen LogP contribution in [-0.2, 0) is 9.47 Å². The maximum Gasteiger partial charge on any atom is 0.235 e. The van der Waals surface area contributed by atoms with Crippen LogP contribution in [-0.4, -0.2) is 51.8 Å². The predicted octanol–water partition coefficient (Wildman–Crippen LogP) is 1.62. The lowest BCUT2D eigenvalue weighted by atomic mass is 9.96. The molecule has 2 fully saturated rings. The van der Waals surface area contributed by atoms with Crippen LogP contribution in [0.3, 0.4) is 0 Å². The second-order valence-corrected chi connectivity index (χ2v) is 8.77. The van der Waals surface area contributed by atoms with E-state index in [4.69, 9.17) is 9.47 Å². The molecule has 1 spiro atoms. The Kier molecular flexibility index (Phi) is 4.39. The maximum atomic E-state index is 10.9. The molecule has 4 heterocycles. The average Bonchev–Trinajstić information content (AvgIpc) is 3.35. The van der Waals surface area contributed by atoms with Gasteiger partial charge in [-0.1, -0.05) is 35.1 Å². The summed E-state index contributed by atoms with van der Waals surface area (Å²) >= 11 is 1.53. The highest BCUT2D eigenvalue weighted by atomic mass is 32.1. The molecule has 7 nitrogen and oxygen atoms in total. The fourth-order valence-corrected chi connectivity index (χ4v) is 5.67. The predicted molar refractivity (Wildman–Crippen MR) is 105 cm³/mol. The van der Waals surface area contributed by atoms with Gasteiger partial charge in [0.15, 0.2) is 11.8 Å². The van der Waals surface area contributed by atoms with Crippen molar-refractivity contribution in [3.63, 3.8) is 0 Å². The van der Waals surface area contributed by atoms with Crippen molar-refractivity contribution in [3.8, 4) is 5.88 Å². The largest absolute Gasteiger partial charge is 0.492 e. The Morgan fingerprint density at radius 3 is 2.64 bits per heavy atom. The summed E-state index contributed by atoms with van der Waals surface area (Å²) in [7, 11) is 0. The van der Waals surface area contributed by atoms with Crippen LogP contribution in [0.2, 0.25) is 0 Å². The average molecular weight is 402 g/mol. The molecule has 0 aliphatic carbocycles. The third kappa shape index (κ3) is 3.00.